The molecule has 0 radical (unpaired) electrons. The van der Waals surface area contributed by atoms with Crippen LogP contribution in [0.4, 0.5) is 0 Å². The summed E-state index contributed by atoms with van der Waals surface area (Å²) >= 11 is 0. The Morgan fingerprint density at radius 2 is 1.85 bits per heavy atom. The fraction of sp³-hybridized carbons (Fsp3) is 0.308. The first-order valence-electron chi connectivity index (χ1n) is 11.0. The van der Waals surface area contributed by atoms with Crippen LogP contribution in [0.15, 0.2) is 66.6 Å². The van der Waals surface area contributed by atoms with Crippen molar-refractivity contribution < 1.29 is 14.7 Å². The number of nitrogens with zero attached hydrogens (tertiary/aromatic N) is 4. The van der Waals surface area contributed by atoms with E-state index in [2.05, 4.69) is 43.0 Å². The molecule has 1 amide bonds. The summed E-state index contributed by atoms with van der Waals surface area (Å²) in [5.74, 6) is -0.982. The maximum atomic E-state index is 13.4. The van der Waals surface area contributed by atoms with Crippen LogP contribution in [0.1, 0.15) is 53.5 Å². The lowest BCUT2D eigenvalue weighted by Crippen LogP contribution is -2.48. The molecule has 1 atom stereocenters. The fourth-order valence-electron chi connectivity index (χ4n) is 5.50. The van der Waals surface area contributed by atoms with Crippen molar-refractivity contribution in [3.8, 4) is 0 Å². The molecule has 0 bridgehead atoms. The van der Waals surface area contributed by atoms with Crippen molar-refractivity contribution in [3.05, 3.63) is 83.3 Å². The highest BCUT2D eigenvalue weighted by molar-refractivity contribution is 6.00. The summed E-state index contributed by atoms with van der Waals surface area (Å²) in [5, 5.41) is 13.5. The molecule has 3 heterocycles. The van der Waals surface area contributed by atoms with Crippen LogP contribution in [0.2, 0.25) is 0 Å². The average Bonchev–Trinajstić information content (AvgIpc) is 3.22. The van der Waals surface area contributed by atoms with Crippen molar-refractivity contribution in [1.29, 1.82) is 0 Å². The van der Waals surface area contributed by atoms with E-state index in [1.807, 2.05) is 17.0 Å². The molecule has 7 heteroatoms. The molecule has 2 aliphatic rings. The van der Waals surface area contributed by atoms with Crippen molar-refractivity contribution in [2.75, 3.05) is 13.1 Å². The predicted octanol–water partition coefficient (Wildman–Crippen LogP) is 4.33. The number of aromatic nitrogens is 3. The number of carboxylic acids is 1. The van der Waals surface area contributed by atoms with E-state index in [0.29, 0.717) is 24.3 Å². The lowest BCUT2D eigenvalue weighted by atomic mass is 9.58. The third-order valence-electron chi connectivity index (χ3n) is 7.05. The lowest BCUT2D eigenvalue weighted by Gasteiger charge is -2.50. The van der Waals surface area contributed by atoms with E-state index in [0.717, 1.165) is 12.0 Å². The van der Waals surface area contributed by atoms with Crippen LogP contribution in [-0.2, 0) is 0 Å². The van der Waals surface area contributed by atoms with Gasteiger partial charge in [0.2, 0.25) is 0 Å². The zero-order valence-corrected chi connectivity index (χ0v) is 18.9. The smallest absolute Gasteiger partial charge is 0.335 e. The second-order valence-electron chi connectivity index (χ2n) is 9.64. The van der Waals surface area contributed by atoms with Crippen molar-refractivity contribution in [2.24, 2.45) is 10.8 Å². The highest BCUT2D eigenvalue weighted by Gasteiger charge is 2.46. The molecule has 0 fully saturated rings. The minimum absolute atomic E-state index is 0.0583. The Morgan fingerprint density at radius 3 is 2.58 bits per heavy atom. The zero-order chi connectivity index (χ0) is 23.4. The number of benzene rings is 1. The normalized spacial score (nSPS) is 21.8. The van der Waals surface area contributed by atoms with Crippen LogP contribution in [0.5, 0.6) is 0 Å². The number of carbonyl (C=O) groups excluding carboxylic acids is 1. The molecule has 1 aliphatic carbocycles. The Kier molecular flexibility index (Phi) is 4.74. The van der Waals surface area contributed by atoms with Gasteiger partial charge in [0.1, 0.15) is 5.56 Å². The van der Waals surface area contributed by atoms with Gasteiger partial charge in [-0.1, -0.05) is 50.6 Å². The lowest BCUT2D eigenvalue weighted by molar-refractivity contribution is 0.0680. The predicted molar refractivity (Wildman–Crippen MR) is 125 cm³/mol. The monoisotopic (exact) mass is 442 g/mol. The number of fused-ring (bicyclic) bond motifs is 2. The van der Waals surface area contributed by atoms with Crippen molar-refractivity contribution in [1.82, 2.24) is 19.5 Å². The molecule has 33 heavy (non-hydrogen) atoms. The van der Waals surface area contributed by atoms with Gasteiger partial charge in [0.25, 0.3) is 5.91 Å². The van der Waals surface area contributed by atoms with Gasteiger partial charge in [0.05, 0.1) is 11.8 Å². The molecule has 1 aromatic carbocycles. The second-order valence-corrected chi connectivity index (χ2v) is 9.64. The number of rotatable bonds is 3. The largest absolute Gasteiger partial charge is 0.478 e. The van der Waals surface area contributed by atoms with Gasteiger partial charge in [-0.3, -0.25) is 4.79 Å². The minimum Gasteiger partial charge on any atom is -0.478 e. The van der Waals surface area contributed by atoms with Gasteiger partial charge in [-0.15, -0.1) is 0 Å². The Morgan fingerprint density at radius 1 is 1.09 bits per heavy atom. The SMILES string of the molecule is CC1(C)C(c2ccc(C(=O)O)cc2)=CC[C@]2(C)CN(C(=O)c3cnn4cccnc34)CC=C12. The zero-order valence-electron chi connectivity index (χ0n) is 18.9. The third-order valence-corrected chi connectivity index (χ3v) is 7.05. The Bertz CT molecular complexity index is 1330. The molecular weight excluding hydrogens is 416 g/mol. The number of aromatic carboxylic acids is 1. The summed E-state index contributed by atoms with van der Waals surface area (Å²) in [6, 6.07) is 8.87. The first-order valence-corrected chi connectivity index (χ1v) is 11.0. The summed E-state index contributed by atoms with van der Waals surface area (Å²) in [7, 11) is 0. The maximum Gasteiger partial charge on any atom is 0.335 e. The van der Waals surface area contributed by atoms with E-state index < -0.39 is 5.97 Å². The maximum absolute atomic E-state index is 13.4. The van der Waals surface area contributed by atoms with Crippen molar-refractivity contribution in [3.63, 3.8) is 0 Å². The van der Waals surface area contributed by atoms with Gasteiger partial charge < -0.3 is 10.0 Å². The van der Waals surface area contributed by atoms with Gasteiger partial charge in [0, 0.05) is 36.3 Å². The van der Waals surface area contributed by atoms with Gasteiger partial charge >= 0.3 is 5.97 Å². The molecule has 168 valence electrons. The molecule has 1 N–H and O–H groups in total. The Labute approximate surface area is 192 Å². The van der Waals surface area contributed by atoms with Crippen molar-refractivity contribution in [2.45, 2.75) is 27.2 Å². The van der Waals surface area contributed by atoms with E-state index >= 15 is 0 Å². The number of amides is 1. The minimum atomic E-state index is -0.924. The van der Waals surface area contributed by atoms with Crippen molar-refractivity contribution >= 4 is 23.1 Å². The molecule has 2 aromatic heterocycles. The van der Waals surface area contributed by atoms with E-state index in [-0.39, 0.29) is 22.3 Å². The van der Waals surface area contributed by atoms with E-state index in [1.165, 1.54) is 11.1 Å². The number of carboxylic acid groups (broad SMARTS) is 1. The molecule has 0 saturated carbocycles. The van der Waals surface area contributed by atoms with Gasteiger partial charge in [-0.2, -0.15) is 5.10 Å². The molecule has 0 unspecified atom stereocenters. The van der Waals surface area contributed by atoms with E-state index in [9.17, 15) is 14.7 Å². The molecule has 3 aromatic rings. The average molecular weight is 443 g/mol. The number of carbonyl (C=O) groups is 2. The number of hydrogen-bond donors (Lipinski definition) is 1. The third kappa shape index (κ3) is 3.35. The highest BCUT2D eigenvalue weighted by Crippen LogP contribution is 2.55. The topological polar surface area (TPSA) is 87.8 Å². The van der Waals surface area contributed by atoms with Crippen LogP contribution in [0, 0.1) is 10.8 Å². The van der Waals surface area contributed by atoms with Crippen LogP contribution in [0.3, 0.4) is 0 Å². The molecule has 7 nitrogen and oxygen atoms in total. The molecule has 1 aliphatic heterocycles. The fourth-order valence-corrected chi connectivity index (χ4v) is 5.50. The first-order chi connectivity index (χ1) is 15.7. The summed E-state index contributed by atoms with van der Waals surface area (Å²) < 4.78 is 1.62. The molecule has 0 spiro atoms. The van der Waals surface area contributed by atoms with E-state index in [4.69, 9.17) is 0 Å². The summed E-state index contributed by atoms with van der Waals surface area (Å²) in [5.41, 5.74) is 4.48. The quantitative estimate of drug-likeness (QED) is 0.610. The number of hydrogen-bond acceptors (Lipinski definition) is 4. The number of allylic oxidation sites excluding steroid dienone is 2. The van der Waals surface area contributed by atoms with Gasteiger partial charge in [-0.05, 0) is 35.8 Å². The molecule has 0 saturated heterocycles. The van der Waals surface area contributed by atoms with Crippen LogP contribution in [0.25, 0.3) is 11.2 Å². The Balaban J connectivity index is 1.44. The molecule has 5 rings (SSSR count). The van der Waals surface area contributed by atoms with Crippen LogP contribution in [-0.4, -0.2) is 49.6 Å². The standard InChI is InChI=1S/C26H26N4O3/c1-25(2)20(17-5-7-18(8-6-17)24(32)33)9-11-26(3)16-29(14-10-21(25)26)23(31)19-15-28-30-13-4-12-27-22(19)30/h4-10,12-13,15H,11,14,16H2,1-3H3,(H,32,33)/t26-/m1/s1. The van der Waals surface area contributed by atoms with Gasteiger partial charge in [0.15, 0.2) is 5.65 Å². The highest BCUT2D eigenvalue weighted by atomic mass is 16.4. The van der Waals surface area contributed by atoms with Crippen LogP contribution < -0.4 is 0 Å². The first kappa shape index (κ1) is 21.1. The second kappa shape index (κ2) is 7.40. The van der Waals surface area contributed by atoms with E-state index in [1.54, 1.807) is 41.3 Å². The summed E-state index contributed by atoms with van der Waals surface area (Å²) in [6.45, 7) is 7.78. The van der Waals surface area contributed by atoms with Crippen LogP contribution >= 0.6 is 0 Å². The van der Waals surface area contributed by atoms with Gasteiger partial charge in [-0.25, -0.2) is 14.3 Å². The molecular formula is C26H26N4O3. The summed E-state index contributed by atoms with van der Waals surface area (Å²) in [4.78, 5) is 30.8. The summed E-state index contributed by atoms with van der Waals surface area (Å²) in [6.07, 6.45) is 10.3. The Hall–Kier alpha value is -3.74.